The smallest absolute Gasteiger partial charge is 0.252 e. The molecule has 0 aliphatic carbocycles. The average Bonchev–Trinajstić information content (AvgIpc) is 2.61. The van der Waals surface area contributed by atoms with Gasteiger partial charge in [-0.25, -0.2) is 0 Å². The van der Waals surface area contributed by atoms with Gasteiger partial charge < -0.3 is 19.4 Å². The van der Waals surface area contributed by atoms with Crippen LogP contribution in [0, 0.1) is 5.92 Å². The highest BCUT2D eigenvalue weighted by atomic mass is 16.6. The first kappa shape index (κ1) is 17.1. The maximum atomic E-state index is 12.6. The van der Waals surface area contributed by atoms with Gasteiger partial charge in [-0.05, 0) is 29.7 Å². The first-order chi connectivity index (χ1) is 12.0. The lowest BCUT2D eigenvalue weighted by Crippen LogP contribution is -2.33. The van der Waals surface area contributed by atoms with Crippen molar-refractivity contribution in [2.75, 3.05) is 13.2 Å². The number of nitrogens with zero attached hydrogens (tertiary/aromatic N) is 1. The number of hydrogen-bond donors (Lipinski definition) is 1. The molecule has 0 bridgehead atoms. The van der Waals surface area contributed by atoms with Crippen LogP contribution in [0.1, 0.15) is 35.8 Å². The van der Waals surface area contributed by atoms with Gasteiger partial charge in [-0.2, -0.15) is 0 Å². The highest BCUT2D eigenvalue weighted by molar-refractivity contribution is 5.94. The minimum Gasteiger partial charge on any atom is -0.486 e. The molecule has 1 amide bonds. The van der Waals surface area contributed by atoms with Crippen molar-refractivity contribution in [3.8, 4) is 11.5 Å². The Bertz CT molecular complexity index is 842. The van der Waals surface area contributed by atoms with Crippen LogP contribution in [0.3, 0.4) is 0 Å². The van der Waals surface area contributed by atoms with E-state index in [1.54, 1.807) is 19.3 Å². The van der Waals surface area contributed by atoms with Crippen molar-refractivity contribution in [1.29, 1.82) is 0 Å². The molecule has 2 aromatic rings. The molecule has 1 aliphatic heterocycles. The van der Waals surface area contributed by atoms with Crippen LogP contribution < -0.4 is 20.3 Å². The first-order valence-corrected chi connectivity index (χ1v) is 8.33. The standard InChI is InChI=1S/C19H22N2O4/c1-12(2)18(13-4-5-15-16(10-13)25-9-8-24-15)20-19(23)14-6-7-21(3)17(22)11-14/h4-7,10-12,18H,8-9H2,1-3H3,(H,20,23). The summed E-state index contributed by atoms with van der Waals surface area (Å²) in [6, 6.07) is 8.48. The number of hydrogen-bond acceptors (Lipinski definition) is 4. The molecule has 0 saturated heterocycles. The Balaban J connectivity index is 1.85. The number of ether oxygens (including phenoxy) is 2. The predicted octanol–water partition coefficient (Wildman–Crippen LogP) is 2.28. The van der Waals surface area contributed by atoms with Crippen molar-refractivity contribution in [1.82, 2.24) is 9.88 Å². The number of amides is 1. The zero-order valence-electron chi connectivity index (χ0n) is 14.6. The third kappa shape index (κ3) is 3.68. The predicted molar refractivity (Wildman–Crippen MR) is 94.2 cm³/mol. The lowest BCUT2D eigenvalue weighted by atomic mass is 9.95. The SMILES string of the molecule is CC(C)C(NC(=O)c1ccn(C)c(=O)c1)c1ccc2c(c1)OCCO2. The van der Waals surface area contributed by atoms with Gasteiger partial charge in [0.05, 0.1) is 6.04 Å². The molecule has 0 radical (unpaired) electrons. The van der Waals surface area contributed by atoms with Gasteiger partial charge in [0.2, 0.25) is 0 Å². The van der Waals surface area contributed by atoms with Crippen LogP contribution in [0.5, 0.6) is 11.5 Å². The van der Waals surface area contributed by atoms with Gasteiger partial charge in [-0.15, -0.1) is 0 Å². The quantitative estimate of drug-likeness (QED) is 0.925. The fourth-order valence-corrected chi connectivity index (χ4v) is 2.80. The summed E-state index contributed by atoms with van der Waals surface area (Å²) in [5.41, 5.74) is 1.08. The van der Waals surface area contributed by atoms with Crippen LogP contribution in [0.2, 0.25) is 0 Å². The fourth-order valence-electron chi connectivity index (χ4n) is 2.80. The third-order valence-corrected chi connectivity index (χ3v) is 4.25. The molecule has 0 saturated carbocycles. The van der Waals surface area contributed by atoms with E-state index < -0.39 is 0 Å². The number of aromatic nitrogens is 1. The Kier molecular flexibility index (Phi) is 4.79. The van der Waals surface area contributed by atoms with E-state index in [0.717, 1.165) is 11.3 Å². The summed E-state index contributed by atoms with van der Waals surface area (Å²) in [6.45, 7) is 5.12. The largest absolute Gasteiger partial charge is 0.486 e. The average molecular weight is 342 g/mol. The normalized spacial score (nSPS) is 14.2. The van der Waals surface area contributed by atoms with Gasteiger partial charge in [0, 0.05) is 24.9 Å². The molecule has 3 rings (SSSR count). The molecule has 0 fully saturated rings. The number of benzene rings is 1. The molecule has 1 atom stereocenters. The molecule has 6 heteroatoms. The highest BCUT2D eigenvalue weighted by Crippen LogP contribution is 2.34. The van der Waals surface area contributed by atoms with Crippen LogP contribution in [-0.4, -0.2) is 23.7 Å². The van der Waals surface area contributed by atoms with Crippen molar-refractivity contribution in [2.24, 2.45) is 13.0 Å². The Morgan fingerprint density at radius 1 is 1.12 bits per heavy atom. The summed E-state index contributed by atoms with van der Waals surface area (Å²) in [4.78, 5) is 24.3. The maximum absolute atomic E-state index is 12.6. The number of nitrogens with one attached hydrogen (secondary N) is 1. The minimum atomic E-state index is -0.272. The number of fused-ring (bicyclic) bond motifs is 1. The van der Waals surface area contributed by atoms with Crippen LogP contribution in [0.4, 0.5) is 0 Å². The molecule has 25 heavy (non-hydrogen) atoms. The number of rotatable bonds is 4. The van der Waals surface area contributed by atoms with Crippen molar-refractivity contribution in [3.05, 3.63) is 58.0 Å². The zero-order chi connectivity index (χ0) is 18.0. The third-order valence-electron chi connectivity index (χ3n) is 4.25. The summed E-state index contributed by atoms with van der Waals surface area (Å²) < 4.78 is 12.6. The number of aryl methyl sites for hydroxylation is 1. The van der Waals surface area contributed by atoms with E-state index in [1.807, 2.05) is 32.0 Å². The molecule has 2 heterocycles. The Labute approximate surface area is 146 Å². The van der Waals surface area contributed by atoms with Gasteiger partial charge in [0.25, 0.3) is 11.5 Å². The topological polar surface area (TPSA) is 69.6 Å². The number of carbonyl (C=O) groups excluding carboxylic acids is 1. The van der Waals surface area contributed by atoms with Crippen molar-refractivity contribution >= 4 is 5.91 Å². The van der Waals surface area contributed by atoms with Crippen LogP contribution in [-0.2, 0) is 7.05 Å². The molecule has 0 spiro atoms. The zero-order valence-corrected chi connectivity index (χ0v) is 14.6. The molecular formula is C19H22N2O4. The van der Waals surface area contributed by atoms with Crippen molar-refractivity contribution < 1.29 is 14.3 Å². The molecule has 132 valence electrons. The lowest BCUT2D eigenvalue weighted by Gasteiger charge is -2.25. The Morgan fingerprint density at radius 2 is 1.84 bits per heavy atom. The monoisotopic (exact) mass is 342 g/mol. The van der Waals surface area contributed by atoms with Crippen molar-refractivity contribution in [3.63, 3.8) is 0 Å². The van der Waals surface area contributed by atoms with Gasteiger partial charge in [-0.3, -0.25) is 9.59 Å². The second-order valence-corrected chi connectivity index (χ2v) is 6.46. The molecule has 1 aliphatic rings. The first-order valence-electron chi connectivity index (χ1n) is 8.33. The molecule has 6 nitrogen and oxygen atoms in total. The molecule has 1 N–H and O–H groups in total. The molecule has 1 unspecified atom stereocenters. The maximum Gasteiger partial charge on any atom is 0.252 e. The van der Waals surface area contributed by atoms with Gasteiger partial charge in [0.15, 0.2) is 11.5 Å². The lowest BCUT2D eigenvalue weighted by molar-refractivity contribution is 0.0925. The Hall–Kier alpha value is -2.76. The summed E-state index contributed by atoms with van der Waals surface area (Å²) in [6.07, 6.45) is 1.59. The van der Waals surface area contributed by atoms with E-state index in [2.05, 4.69) is 5.32 Å². The van der Waals surface area contributed by atoms with E-state index in [1.165, 1.54) is 10.6 Å². The Morgan fingerprint density at radius 3 is 2.52 bits per heavy atom. The van der Waals surface area contributed by atoms with Crippen LogP contribution >= 0.6 is 0 Å². The van der Waals surface area contributed by atoms with E-state index in [9.17, 15) is 9.59 Å². The highest BCUT2D eigenvalue weighted by Gasteiger charge is 2.22. The van der Waals surface area contributed by atoms with Crippen LogP contribution in [0.15, 0.2) is 41.3 Å². The van der Waals surface area contributed by atoms with E-state index in [-0.39, 0.29) is 23.4 Å². The summed E-state index contributed by atoms with van der Waals surface area (Å²) in [5.74, 6) is 1.30. The molecule has 1 aromatic heterocycles. The van der Waals surface area contributed by atoms with Crippen molar-refractivity contribution in [2.45, 2.75) is 19.9 Å². The molecule has 1 aromatic carbocycles. The second kappa shape index (κ2) is 7.01. The number of pyridine rings is 1. The van der Waals surface area contributed by atoms with E-state index >= 15 is 0 Å². The number of carbonyl (C=O) groups is 1. The second-order valence-electron chi connectivity index (χ2n) is 6.46. The summed E-state index contributed by atoms with van der Waals surface area (Å²) in [7, 11) is 1.65. The van der Waals surface area contributed by atoms with E-state index in [4.69, 9.17) is 9.47 Å². The van der Waals surface area contributed by atoms with Gasteiger partial charge in [-0.1, -0.05) is 19.9 Å². The van der Waals surface area contributed by atoms with Gasteiger partial charge >= 0.3 is 0 Å². The van der Waals surface area contributed by atoms with E-state index in [0.29, 0.717) is 24.5 Å². The summed E-state index contributed by atoms with van der Waals surface area (Å²) >= 11 is 0. The molecular weight excluding hydrogens is 320 g/mol. The fraction of sp³-hybridized carbons (Fsp3) is 0.368. The van der Waals surface area contributed by atoms with Crippen LogP contribution in [0.25, 0.3) is 0 Å². The minimum absolute atomic E-state index is 0.165. The van der Waals surface area contributed by atoms with Gasteiger partial charge in [0.1, 0.15) is 13.2 Å². The summed E-state index contributed by atoms with van der Waals surface area (Å²) in [5, 5.41) is 3.02.